The minimum Gasteiger partial charge on any atom is -0.465 e. The van der Waals surface area contributed by atoms with E-state index >= 15 is 0 Å². The molecule has 0 aliphatic carbocycles. The summed E-state index contributed by atoms with van der Waals surface area (Å²) in [6.07, 6.45) is 1.73. The number of furan rings is 1. The Bertz CT molecular complexity index is 1500. The van der Waals surface area contributed by atoms with Crippen molar-refractivity contribution in [1.82, 2.24) is 9.97 Å². The highest BCUT2D eigenvalue weighted by molar-refractivity contribution is 6.47. The molecule has 0 saturated carbocycles. The summed E-state index contributed by atoms with van der Waals surface area (Å²) in [6, 6.07) is 14.8. The SMILES string of the molecule is Cc1oc(C(C)(C)C)cc1C(=O)C(=O)Nc1ccc(Nc2ccnc(N3CCOCC3)n2)c2ccccc12. The van der Waals surface area contributed by atoms with Crippen LogP contribution in [-0.4, -0.2) is 48.0 Å². The number of hydrogen-bond donors (Lipinski definition) is 2. The van der Waals surface area contributed by atoms with Gasteiger partial charge in [-0.15, -0.1) is 0 Å². The van der Waals surface area contributed by atoms with Gasteiger partial charge in [-0.05, 0) is 31.2 Å². The van der Waals surface area contributed by atoms with E-state index < -0.39 is 11.7 Å². The van der Waals surface area contributed by atoms with Gasteiger partial charge in [-0.3, -0.25) is 9.59 Å². The van der Waals surface area contributed by atoms with Gasteiger partial charge in [-0.1, -0.05) is 45.0 Å². The van der Waals surface area contributed by atoms with E-state index in [1.54, 1.807) is 25.3 Å². The molecule has 1 amide bonds. The zero-order valence-corrected chi connectivity index (χ0v) is 22.0. The number of anilines is 4. The molecule has 2 aromatic carbocycles. The molecule has 1 saturated heterocycles. The van der Waals surface area contributed by atoms with Gasteiger partial charge in [0.15, 0.2) is 0 Å². The second-order valence-electron chi connectivity index (χ2n) is 10.3. The number of ether oxygens (including phenoxy) is 1. The molecule has 3 heterocycles. The molecule has 9 nitrogen and oxygen atoms in total. The van der Waals surface area contributed by atoms with Crippen molar-refractivity contribution in [2.24, 2.45) is 0 Å². The minimum atomic E-state index is -0.717. The van der Waals surface area contributed by atoms with Gasteiger partial charge in [-0.2, -0.15) is 4.98 Å². The molecular formula is C29H31N5O4. The summed E-state index contributed by atoms with van der Waals surface area (Å²) in [5, 5.41) is 7.84. The van der Waals surface area contributed by atoms with Crippen LogP contribution in [0.2, 0.25) is 0 Å². The third kappa shape index (κ3) is 5.24. The van der Waals surface area contributed by atoms with E-state index in [1.807, 2.05) is 57.2 Å². The van der Waals surface area contributed by atoms with Gasteiger partial charge in [0.1, 0.15) is 17.3 Å². The Morgan fingerprint density at radius 2 is 1.66 bits per heavy atom. The maximum Gasteiger partial charge on any atom is 0.296 e. The molecule has 1 aliphatic rings. The lowest BCUT2D eigenvalue weighted by molar-refractivity contribution is -0.112. The smallest absolute Gasteiger partial charge is 0.296 e. The van der Waals surface area contributed by atoms with Crippen molar-refractivity contribution < 1.29 is 18.7 Å². The van der Waals surface area contributed by atoms with Crippen LogP contribution in [0.3, 0.4) is 0 Å². The molecule has 0 unspecified atom stereocenters. The van der Waals surface area contributed by atoms with Crippen molar-refractivity contribution in [2.45, 2.75) is 33.1 Å². The summed E-state index contributed by atoms with van der Waals surface area (Å²) in [7, 11) is 0. The van der Waals surface area contributed by atoms with Crippen LogP contribution in [0.25, 0.3) is 10.8 Å². The van der Waals surface area contributed by atoms with Crippen molar-refractivity contribution in [2.75, 3.05) is 41.8 Å². The standard InChI is InChI=1S/C29H31N5O4/c1-18-21(17-24(38-18)29(2,3)4)26(35)27(36)32-23-10-9-22(19-7-5-6-8-20(19)23)31-25-11-12-30-28(33-25)34-13-15-37-16-14-34/h5-12,17H,13-16H2,1-4H3,(H,32,36)(H,30,31,33). The zero-order chi connectivity index (χ0) is 26.9. The maximum absolute atomic E-state index is 13.0. The molecule has 0 bridgehead atoms. The molecule has 5 rings (SSSR count). The summed E-state index contributed by atoms with van der Waals surface area (Å²) < 4.78 is 11.2. The molecule has 0 spiro atoms. The van der Waals surface area contributed by atoms with E-state index in [2.05, 4.69) is 25.5 Å². The molecule has 0 atom stereocenters. The number of Topliss-reactive ketones (excluding diaryl/α,β-unsaturated/α-hetero) is 1. The summed E-state index contributed by atoms with van der Waals surface area (Å²) in [6.45, 7) is 10.5. The molecule has 1 aliphatic heterocycles. The van der Waals surface area contributed by atoms with Crippen LogP contribution in [0.4, 0.5) is 23.1 Å². The minimum absolute atomic E-state index is 0.272. The topological polar surface area (TPSA) is 110 Å². The highest BCUT2D eigenvalue weighted by atomic mass is 16.5. The molecular weight excluding hydrogens is 482 g/mol. The lowest BCUT2D eigenvalue weighted by Gasteiger charge is -2.26. The van der Waals surface area contributed by atoms with Crippen LogP contribution in [0.1, 0.15) is 42.6 Å². The maximum atomic E-state index is 13.0. The second-order valence-corrected chi connectivity index (χ2v) is 10.3. The largest absolute Gasteiger partial charge is 0.465 e. The normalized spacial score (nSPS) is 13.9. The van der Waals surface area contributed by atoms with Gasteiger partial charge < -0.3 is 24.7 Å². The second kappa shape index (κ2) is 10.3. The van der Waals surface area contributed by atoms with Gasteiger partial charge in [0, 0.05) is 46.8 Å². The monoisotopic (exact) mass is 513 g/mol. The Morgan fingerprint density at radius 3 is 2.34 bits per heavy atom. The number of benzene rings is 2. The fourth-order valence-electron chi connectivity index (χ4n) is 4.37. The van der Waals surface area contributed by atoms with Crippen molar-refractivity contribution >= 4 is 45.6 Å². The number of ketones is 1. The lowest BCUT2D eigenvalue weighted by atomic mass is 9.93. The highest BCUT2D eigenvalue weighted by Gasteiger charge is 2.27. The number of rotatable bonds is 6. The van der Waals surface area contributed by atoms with Crippen LogP contribution < -0.4 is 15.5 Å². The van der Waals surface area contributed by atoms with E-state index in [9.17, 15) is 9.59 Å². The van der Waals surface area contributed by atoms with Gasteiger partial charge in [-0.25, -0.2) is 4.98 Å². The van der Waals surface area contributed by atoms with Gasteiger partial charge in [0.2, 0.25) is 5.95 Å². The van der Waals surface area contributed by atoms with Gasteiger partial charge in [0.25, 0.3) is 11.7 Å². The summed E-state index contributed by atoms with van der Waals surface area (Å²) in [5.41, 5.74) is 1.36. The Kier molecular flexibility index (Phi) is 6.86. The number of fused-ring (bicyclic) bond motifs is 1. The summed E-state index contributed by atoms with van der Waals surface area (Å²) in [5.74, 6) is 1.04. The quantitative estimate of drug-likeness (QED) is 0.266. The first-order valence-electron chi connectivity index (χ1n) is 12.6. The first-order chi connectivity index (χ1) is 18.2. The third-order valence-electron chi connectivity index (χ3n) is 6.48. The first-order valence-corrected chi connectivity index (χ1v) is 12.6. The molecule has 0 radical (unpaired) electrons. The molecule has 1 fully saturated rings. The number of hydrogen-bond acceptors (Lipinski definition) is 8. The summed E-state index contributed by atoms with van der Waals surface area (Å²) in [4.78, 5) is 37.2. The highest BCUT2D eigenvalue weighted by Crippen LogP contribution is 2.32. The molecule has 196 valence electrons. The van der Waals surface area contributed by atoms with Crippen molar-refractivity contribution in [3.8, 4) is 0 Å². The predicted octanol–water partition coefficient (Wildman–Crippen LogP) is 5.23. The number of morpholine rings is 1. The average molecular weight is 514 g/mol. The van der Waals surface area contributed by atoms with E-state index in [0.29, 0.717) is 42.2 Å². The predicted molar refractivity (Wildman–Crippen MR) is 147 cm³/mol. The molecule has 9 heteroatoms. The third-order valence-corrected chi connectivity index (χ3v) is 6.48. The van der Waals surface area contributed by atoms with Gasteiger partial charge in [0.05, 0.1) is 18.8 Å². The van der Waals surface area contributed by atoms with E-state index in [4.69, 9.17) is 9.15 Å². The first kappa shape index (κ1) is 25.4. The number of carbonyl (C=O) groups is 2. The van der Waals surface area contributed by atoms with Crippen molar-refractivity contribution in [1.29, 1.82) is 0 Å². The Hall–Kier alpha value is -4.24. The van der Waals surface area contributed by atoms with Crippen LogP contribution in [0.5, 0.6) is 0 Å². The van der Waals surface area contributed by atoms with Crippen LogP contribution in [0, 0.1) is 6.92 Å². The van der Waals surface area contributed by atoms with Crippen LogP contribution in [0.15, 0.2) is 59.1 Å². The molecule has 2 aromatic heterocycles. The molecule has 38 heavy (non-hydrogen) atoms. The average Bonchev–Trinajstić information content (AvgIpc) is 3.32. The Morgan fingerprint density at radius 1 is 0.974 bits per heavy atom. The Labute approximate surface area is 221 Å². The Balaban J connectivity index is 1.38. The van der Waals surface area contributed by atoms with Crippen molar-refractivity contribution in [3.05, 3.63) is 71.8 Å². The number of nitrogens with zero attached hydrogens (tertiary/aromatic N) is 3. The number of amides is 1. The number of aryl methyl sites for hydroxylation is 1. The van der Waals surface area contributed by atoms with E-state index in [-0.39, 0.29) is 11.0 Å². The van der Waals surface area contributed by atoms with Gasteiger partial charge >= 0.3 is 0 Å². The lowest BCUT2D eigenvalue weighted by Crippen LogP contribution is -2.37. The summed E-state index contributed by atoms with van der Waals surface area (Å²) >= 11 is 0. The number of nitrogens with one attached hydrogen (secondary N) is 2. The molecule has 4 aromatic rings. The fraction of sp³-hybridized carbons (Fsp3) is 0.310. The number of carbonyl (C=O) groups excluding carboxylic acids is 2. The van der Waals surface area contributed by atoms with Crippen LogP contribution >= 0.6 is 0 Å². The van der Waals surface area contributed by atoms with Crippen LogP contribution in [-0.2, 0) is 14.9 Å². The van der Waals surface area contributed by atoms with E-state index in [1.165, 1.54) is 0 Å². The van der Waals surface area contributed by atoms with Crippen molar-refractivity contribution in [3.63, 3.8) is 0 Å². The van der Waals surface area contributed by atoms with E-state index in [0.717, 1.165) is 29.5 Å². The number of aromatic nitrogens is 2. The zero-order valence-electron chi connectivity index (χ0n) is 22.0. The molecule has 2 N–H and O–H groups in total. The fourth-order valence-corrected chi connectivity index (χ4v) is 4.37.